The van der Waals surface area contributed by atoms with Crippen molar-refractivity contribution in [3.8, 4) is 5.75 Å². The van der Waals surface area contributed by atoms with Crippen LogP contribution < -0.4 is 10.6 Å². The maximum atomic E-state index is 12.2. The lowest BCUT2D eigenvalue weighted by Crippen LogP contribution is -2.09. The Morgan fingerprint density at radius 3 is 1.73 bits per heavy atom. The number of ketones is 2. The van der Waals surface area contributed by atoms with Gasteiger partial charge in [0.1, 0.15) is 5.75 Å². The smallest absolute Gasteiger partial charge is 0.341 e. The number of nitrogens with zero attached hydrogens (tertiary/aromatic N) is 1. The fraction of sp³-hybridized carbons (Fsp3) is 0.190. The maximum Gasteiger partial charge on any atom is 0.341 e. The van der Waals surface area contributed by atoms with Crippen LogP contribution in [0.1, 0.15) is 46.0 Å². The molecule has 0 unspecified atom stereocenters. The summed E-state index contributed by atoms with van der Waals surface area (Å²) < 4.78 is 5.00. The Morgan fingerprint density at radius 1 is 0.900 bits per heavy atom. The average Bonchev–Trinajstić information content (AvgIpc) is 2.71. The largest absolute Gasteiger partial charge is 0.482 e. The molecule has 2 aromatic rings. The first kappa shape index (κ1) is 24.0. The summed E-state index contributed by atoms with van der Waals surface area (Å²) in [5.74, 6) is 3.22. The van der Waals surface area contributed by atoms with E-state index in [1.165, 1.54) is 18.3 Å². The number of benzene rings is 2. The Hall–Kier alpha value is -4.01. The van der Waals surface area contributed by atoms with Crippen molar-refractivity contribution in [1.82, 2.24) is 0 Å². The van der Waals surface area contributed by atoms with Gasteiger partial charge in [0.15, 0.2) is 18.2 Å². The number of carboxylic acid groups (broad SMARTS) is 2. The predicted octanol–water partition coefficient (Wildman–Crippen LogP) is 2.38. The van der Waals surface area contributed by atoms with Crippen molar-refractivity contribution in [3.05, 3.63) is 65.2 Å². The third kappa shape index (κ3) is 9.27. The van der Waals surface area contributed by atoms with E-state index in [4.69, 9.17) is 25.6 Å². The zero-order valence-electron chi connectivity index (χ0n) is 16.3. The van der Waals surface area contributed by atoms with Gasteiger partial charge in [-0.1, -0.05) is 24.3 Å². The molecule has 0 aliphatic rings. The molecular formula is C21H22N2O7. The summed E-state index contributed by atoms with van der Waals surface area (Å²) in [4.78, 5) is 43.8. The highest BCUT2D eigenvalue weighted by Crippen LogP contribution is 2.15. The molecular weight excluding hydrogens is 392 g/mol. The number of hydrogen-bond donors (Lipinski definition) is 3. The van der Waals surface area contributed by atoms with Crippen LogP contribution in [0.25, 0.3) is 0 Å². The van der Waals surface area contributed by atoms with Crippen LogP contribution in [0.4, 0.5) is 0 Å². The number of carbonyl (C=O) groups excluding carboxylic acids is 2. The van der Waals surface area contributed by atoms with Crippen LogP contribution in [0.3, 0.4) is 0 Å². The van der Waals surface area contributed by atoms with Crippen LogP contribution in [0.15, 0.2) is 53.6 Å². The second-order valence-corrected chi connectivity index (χ2v) is 5.97. The Balaban J connectivity index is 0.00000103. The molecule has 0 atom stereocenters. The fourth-order valence-corrected chi connectivity index (χ4v) is 2.24. The van der Waals surface area contributed by atoms with Crippen LogP contribution in [-0.2, 0) is 9.59 Å². The van der Waals surface area contributed by atoms with Gasteiger partial charge in [0.25, 0.3) is 5.97 Å². The van der Waals surface area contributed by atoms with Crippen molar-refractivity contribution >= 4 is 29.7 Å². The van der Waals surface area contributed by atoms with E-state index < -0.39 is 18.5 Å². The second kappa shape index (κ2) is 12.4. The number of carboxylic acids is 2. The van der Waals surface area contributed by atoms with Crippen molar-refractivity contribution < 1.29 is 34.1 Å². The van der Waals surface area contributed by atoms with Gasteiger partial charge in [0.2, 0.25) is 0 Å². The van der Waals surface area contributed by atoms with E-state index in [0.29, 0.717) is 16.9 Å². The van der Waals surface area contributed by atoms with E-state index in [-0.39, 0.29) is 24.4 Å². The van der Waals surface area contributed by atoms with Crippen LogP contribution in [0.2, 0.25) is 0 Å². The van der Waals surface area contributed by atoms with E-state index >= 15 is 0 Å². The van der Waals surface area contributed by atoms with Crippen LogP contribution in [-0.4, -0.2) is 46.5 Å². The minimum atomic E-state index is -1.08. The van der Waals surface area contributed by atoms with Gasteiger partial charge in [0.05, 0.1) is 6.21 Å². The molecule has 0 spiro atoms. The van der Waals surface area contributed by atoms with E-state index in [9.17, 15) is 14.4 Å². The monoisotopic (exact) mass is 414 g/mol. The summed E-state index contributed by atoms with van der Waals surface area (Å²) in [6.45, 7) is 0.637. The number of ether oxygens (including phenoxy) is 1. The van der Waals surface area contributed by atoms with Gasteiger partial charge >= 0.3 is 5.97 Å². The van der Waals surface area contributed by atoms with Crippen molar-refractivity contribution in [2.45, 2.75) is 19.8 Å². The maximum absolute atomic E-state index is 12.2. The first-order chi connectivity index (χ1) is 14.2. The molecule has 2 rings (SSSR count). The molecule has 0 amide bonds. The zero-order chi connectivity index (χ0) is 22.5. The summed E-state index contributed by atoms with van der Waals surface area (Å²) in [6, 6.07) is 12.9. The van der Waals surface area contributed by atoms with Gasteiger partial charge in [-0.2, -0.15) is 5.10 Å². The quantitative estimate of drug-likeness (QED) is 0.244. The lowest BCUT2D eigenvalue weighted by atomic mass is 10.0. The molecule has 158 valence electrons. The number of carbonyl (C=O) groups is 4. The molecule has 0 fully saturated rings. The van der Waals surface area contributed by atoms with Gasteiger partial charge in [0, 0.05) is 30.9 Å². The molecule has 30 heavy (non-hydrogen) atoms. The molecule has 0 saturated carbocycles. The van der Waals surface area contributed by atoms with E-state index in [2.05, 4.69) is 5.10 Å². The average molecular weight is 414 g/mol. The number of nitrogens with two attached hydrogens (primary N) is 1. The molecule has 0 aliphatic carbocycles. The van der Waals surface area contributed by atoms with E-state index in [1.54, 1.807) is 36.4 Å². The van der Waals surface area contributed by atoms with Crippen LogP contribution >= 0.6 is 0 Å². The summed E-state index contributed by atoms with van der Waals surface area (Å²) in [5.41, 5.74) is 1.74. The Morgan fingerprint density at radius 2 is 1.33 bits per heavy atom. The molecule has 0 aromatic heterocycles. The van der Waals surface area contributed by atoms with Gasteiger partial charge in [-0.3, -0.25) is 14.4 Å². The molecule has 9 nitrogen and oxygen atoms in total. The Kier molecular flexibility index (Phi) is 9.97. The Bertz CT molecular complexity index is 900. The summed E-state index contributed by atoms with van der Waals surface area (Å²) in [7, 11) is 0. The summed E-state index contributed by atoms with van der Waals surface area (Å²) in [6.07, 6.45) is 1.65. The summed E-state index contributed by atoms with van der Waals surface area (Å²) in [5, 5.41) is 19.4. The standard InChI is InChI=1S/C19H18N2O5.C2H4O2/c20-21-11-13-1-3-14(4-2-13)17(22)9-10-18(23)15-5-7-16(8-6-15)26-12-19(24)25;1-2(3)4/h1-8,11H,9-10,12,20H2,(H,24,25);1H3,(H,3,4). The van der Waals surface area contributed by atoms with Crippen LogP contribution in [0, 0.1) is 0 Å². The first-order valence-corrected chi connectivity index (χ1v) is 8.76. The van der Waals surface area contributed by atoms with Crippen LogP contribution in [0.5, 0.6) is 5.75 Å². The molecule has 0 bridgehead atoms. The molecule has 0 aliphatic heterocycles. The molecule has 0 saturated heterocycles. The van der Waals surface area contributed by atoms with Crippen molar-refractivity contribution in [2.24, 2.45) is 10.9 Å². The normalized spacial score (nSPS) is 10.0. The fourth-order valence-electron chi connectivity index (χ4n) is 2.24. The highest BCUT2D eigenvalue weighted by molar-refractivity contribution is 6.02. The lowest BCUT2D eigenvalue weighted by molar-refractivity contribution is -0.139. The minimum absolute atomic E-state index is 0.0835. The minimum Gasteiger partial charge on any atom is -0.482 e. The number of hydrazone groups is 1. The molecule has 9 heteroatoms. The number of rotatable bonds is 9. The Labute approximate surface area is 172 Å². The summed E-state index contributed by atoms with van der Waals surface area (Å²) >= 11 is 0. The number of aliphatic carboxylic acids is 2. The molecule has 4 N–H and O–H groups in total. The molecule has 0 radical (unpaired) electrons. The zero-order valence-corrected chi connectivity index (χ0v) is 16.3. The third-order valence-electron chi connectivity index (χ3n) is 3.57. The van der Waals surface area contributed by atoms with Gasteiger partial charge in [-0.15, -0.1) is 0 Å². The predicted molar refractivity (Wildman–Crippen MR) is 109 cm³/mol. The highest BCUT2D eigenvalue weighted by atomic mass is 16.5. The number of Topliss-reactive ketones (excluding diaryl/α,β-unsaturated/α-hetero) is 2. The lowest BCUT2D eigenvalue weighted by Gasteiger charge is -2.05. The van der Waals surface area contributed by atoms with Gasteiger partial charge in [-0.25, -0.2) is 4.79 Å². The molecule has 0 heterocycles. The first-order valence-electron chi connectivity index (χ1n) is 8.76. The van der Waals surface area contributed by atoms with E-state index in [1.807, 2.05) is 0 Å². The van der Waals surface area contributed by atoms with Gasteiger partial charge in [-0.05, 0) is 29.8 Å². The van der Waals surface area contributed by atoms with Gasteiger partial charge < -0.3 is 20.8 Å². The van der Waals surface area contributed by atoms with Crippen molar-refractivity contribution in [1.29, 1.82) is 0 Å². The molecule has 2 aromatic carbocycles. The third-order valence-corrected chi connectivity index (χ3v) is 3.57. The topological polar surface area (TPSA) is 156 Å². The second-order valence-electron chi connectivity index (χ2n) is 5.97. The highest BCUT2D eigenvalue weighted by Gasteiger charge is 2.11. The van der Waals surface area contributed by atoms with Crippen molar-refractivity contribution in [3.63, 3.8) is 0 Å². The SMILES string of the molecule is CC(=O)O.NN=Cc1ccc(C(=O)CCC(=O)c2ccc(OCC(=O)O)cc2)cc1. The van der Waals surface area contributed by atoms with E-state index in [0.717, 1.165) is 12.5 Å². The van der Waals surface area contributed by atoms with Crippen molar-refractivity contribution in [2.75, 3.05) is 6.61 Å². The number of hydrogen-bond acceptors (Lipinski definition) is 7.